The van der Waals surface area contributed by atoms with Gasteiger partial charge in [-0.3, -0.25) is 14.4 Å². The molecule has 1 aliphatic heterocycles. The smallest absolute Gasteiger partial charge is 0.340 e. The van der Waals surface area contributed by atoms with Gasteiger partial charge in [0.05, 0.1) is 23.1 Å². The van der Waals surface area contributed by atoms with E-state index in [1.165, 1.54) is 11.0 Å². The average molecular weight is 590 g/mol. The van der Waals surface area contributed by atoms with E-state index in [1.807, 2.05) is 66.7 Å². The molecule has 9 rings (SSSR count). The van der Waals surface area contributed by atoms with Crippen LogP contribution in [0.1, 0.15) is 54.8 Å². The summed E-state index contributed by atoms with van der Waals surface area (Å²) in [5.74, 6) is -3.42. The highest BCUT2D eigenvalue weighted by Gasteiger charge is 2.62. The van der Waals surface area contributed by atoms with Crippen LogP contribution in [0.5, 0.6) is 0 Å². The second-order valence-corrected chi connectivity index (χ2v) is 11.7. The van der Waals surface area contributed by atoms with E-state index in [0.29, 0.717) is 5.56 Å². The van der Waals surface area contributed by atoms with Crippen LogP contribution < -0.4 is 4.90 Å². The largest absolute Gasteiger partial charge is 0.454 e. The first-order chi connectivity index (χ1) is 22.0. The first-order valence-electron chi connectivity index (χ1n) is 15.0. The van der Waals surface area contributed by atoms with Crippen molar-refractivity contribution >= 4 is 29.3 Å². The maximum absolute atomic E-state index is 14.2. The summed E-state index contributed by atoms with van der Waals surface area (Å²) in [6.07, 6.45) is 0. The molecule has 5 aromatic rings. The van der Waals surface area contributed by atoms with Crippen LogP contribution in [-0.2, 0) is 14.3 Å². The number of hydrogen-bond acceptors (Lipinski definition) is 5. The van der Waals surface area contributed by atoms with E-state index >= 15 is 0 Å². The lowest BCUT2D eigenvalue weighted by Crippen LogP contribution is -2.41. The van der Waals surface area contributed by atoms with E-state index in [9.17, 15) is 19.2 Å². The Bertz CT molecular complexity index is 1900. The number of hydrogen-bond donors (Lipinski definition) is 0. The van der Waals surface area contributed by atoms with Crippen molar-refractivity contribution in [2.75, 3.05) is 11.5 Å². The number of nitrogens with zero attached hydrogens (tertiary/aromatic N) is 1. The van der Waals surface area contributed by atoms with Gasteiger partial charge in [0.25, 0.3) is 0 Å². The number of rotatable bonds is 6. The van der Waals surface area contributed by atoms with Gasteiger partial charge in [-0.1, -0.05) is 115 Å². The molecule has 6 nitrogen and oxygen atoms in total. The Morgan fingerprint density at radius 3 is 1.58 bits per heavy atom. The number of Topliss-reactive ketones (excluding diaryl/α,β-unsaturated/α-hetero) is 1. The Labute approximate surface area is 259 Å². The predicted molar refractivity (Wildman–Crippen MR) is 169 cm³/mol. The van der Waals surface area contributed by atoms with Crippen molar-refractivity contribution in [3.63, 3.8) is 0 Å². The van der Waals surface area contributed by atoms with Gasteiger partial charge in [-0.15, -0.1) is 0 Å². The molecule has 0 saturated carbocycles. The minimum absolute atomic E-state index is 0.0625. The van der Waals surface area contributed by atoms with Gasteiger partial charge < -0.3 is 4.74 Å². The van der Waals surface area contributed by atoms with Crippen molar-refractivity contribution in [1.82, 2.24) is 0 Å². The van der Waals surface area contributed by atoms with Crippen LogP contribution in [0.25, 0.3) is 11.1 Å². The molecule has 2 atom stereocenters. The van der Waals surface area contributed by atoms with E-state index in [-0.39, 0.29) is 40.7 Å². The first kappa shape index (κ1) is 27.0. The van der Waals surface area contributed by atoms with Gasteiger partial charge in [-0.2, -0.15) is 0 Å². The molecule has 0 spiro atoms. The summed E-state index contributed by atoms with van der Waals surface area (Å²) >= 11 is 0. The number of carbonyl (C=O) groups excluding carboxylic acids is 4. The molecule has 5 aromatic carbocycles. The third kappa shape index (κ3) is 4.17. The number of para-hydroxylation sites is 1. The van der Waals surface area contributed by atoms with Crippen LogP contribution in [0.3, 0.4) is 0 Å². The lowest BCUT2D eigenvalue weighted by molar-refractivity contribution is -0.122. The molecule has 0 aromatic heterocycles. The van der Waals surface area contributed by atoms with Gasteiger partial charge in [-0.25, -0.2) is 9.69 Å². The van der Waals surface area contributed by atoms with Gasteiger partial charge in [0.1, 0.15) is 0 Å². The molecular formula is C39H27NO5. The Morgan fingerprint density at radius 2 is 1.02 bits per heavy atom. The van der Waals surface area contributed by atoms with Crippen molar-refractivity contribution in [2.24, 2.45) is 11.8 Å². The molecule has 218 valence electrons. The zero-order chi connectivity index (χ0) is 30.7. The Balaban J connectivity index is 1.06. The fraction of sp³-hybridized carbons (Fsp3) is 0.128. The summed E-state index contributed by atoms with van der Waals surface area (Å²) in [6.45, 7) is -0.472. The molecule has 1 saturated heterocycles. The van der Waals surface area contributed by atoms with Crippen LogP contribution >= 0.6 is 0 Å². The molecule has 3 aliphatic carbocycles. The number of ketones is 1. The molecule has 2 bridgehead atoms. The Hall–Kier alpha value is -5.62. The number of benzene rings is 5. The maximum atomic E-state index is 14.2. The van der Waals surface area contributed by atoms with E-state index in [0.717, 1.165) is 33.4 Å². The topological polar surface area (TPSA) is 80.8 Å². The van der Waals surface area contributed by atoms with E-state index in [1.54, 1.807) is 30.3 Å². The fourth-order valence-corrected chi connectivity index (χ4v) is 7.53. The number of esters is 1. The molecule has 45 heavy (non-hydrogen) atoms. The summed E-state index contributed by atoms with van der Waals surface area (Å²) in [4.78, 5) is 55.9. The van der Waals surface area contributed by atoms with Crippen molar-refractivity contribution in [2.45, 2.75) is 11.8 Å². The van der Waals surface area contributed by atoms with Crippen molar-refractivity contribution < 1.29 is 23.9 Å². The molecule has 4 aliphatic rings. The number of carbonyl (C=O) groups is 4. The lowest BCUT2D eigenvalue weighted by atomic mass is 9.55. The van der Waals surface area contributed by atoms with Gasteiger partial charge >= 0.3 is 5.97 Å². The van der Waals surface area contributed by atoms with Crippen LogP contribution in [0, 0.1) is 11.8 Å². The minimum atomic E-state index is -0.773. The second-order valence-electron chi connectivity index (χ2n) is 11.7. The third-order valence-electron chi connectivity index (χ3n) is 9.46. The molecule has 6 heteroatoms. The summed E-state index contributed by atoms with van der Waals surface area (Å²) in [6, 6.07) is 39.5. The van der Waals surface area contributed by atoms with Gasteiger partial charge in [0.15, 0.2) is 12.4 Å². The van der Waals surface area contributed by atoms with E-state index in [2.05, 4.69) is 24.3 Å². The van der Waals surface area contributed by atoms with E-state index in [4.69, 9.17) is 4.74 Å². The summed E-state index contributed by atoms with van der Waals surface area (Å²) in [5, 5.41) is 0. The normalized spacial score (nSPS) is 20.8. The van der Waals surface area contributed by atoms with Crippen LogP contribution in [0.2, 0.25) is 0 Å². The SMILES string of the molecule is O=C(COC(=O)c1ccccc1N1C(=O)C2C3c4ccccc4C(c4ccccc43)C2C1=O)c1ccc(-c2ccccc2)cc1. The third-order valence-corrected chi connectivity index (χ3v) is 9.46. The Kier molecular flexibility index (Phi) is 6.31. The van der Waals surface area contributed by atoms with Gasteiger partial charge in [-0.05, 0) is 45.5 Å². The zero-order valence-corrected chi connectivity index (χ0v) is 24.1. The number of anilines is 1. The molecular weight excluding hydrogens is 562 g/mol. The van der Waals surface area contributed by atoms with Gasteiger partial charge in [0.2, 0.25) is 11.8 Å². The molecule has 1 heterocycles. The van der Waals surface area contributed by atoms with Crippen LogP contribution in [0.15, 0.2) is 127 Å². The second kappa shape index (κ2) is 10.5. The predicted octanol–water partition coefficient (Wildman–Crippen LogP) is 6.79. The zero-order valence-electron chi connectivity index (χ0n) is 24.1. The maximum Gasteiger partial charge on any atom is 0.340 e. The summed E-state index contributed by atoms with van der Waals surface area (Å²) < 4.78 is 5.47. The van der Waals surface area contributed by atoms with Gasteiger partial charge in [0, 0.05) is 17.4 Å². The van der Waals surface area contributed by atoms with Crippen molar-refractivity contribution in [3.05, 3.63) is 161 Å². The Morgan fingerprint density at radius 1 is 0.556 bits per heavy atom. The number of amides is 2. The first-order valence-corrected chi connectivity index (χ1v) is 15.0. The van der Waals surface area contributed by atoms with Crippen LogP contribution in [-0.4, -0.2) is 30.2 Å². The number of ether oxygens (including phenoxy) is 1. The highest BCUT2D eigenvalue weighted by molar-refractivity contribution is 6.25. The fourth-order valence-electron chi connectivity index (χ4n) is 7.53. The van der Waals surface area contributed by atoms with Crippen LogP contribution in [0.4, 0.5) is 5.69 Å². The number of imide groups is 1. The minimum Gasteiger partial charge on any atom is -0.454 e. The van der Waals surface area contributed by atoms with Crippen molar-refractivity contribution in [1.29, 1.82) is 0 Å². The summed E-state index contributed by atoms with van der Waals surface area (Å²) in [5.41, 5.74) is 6.97. The van der Waals surface area contributed by atoms with E-state index < -0.39 is 24.4 Å². The summed E-state index contributed by atoms with van der Waals surface area (Å²) in [7, 11) is 0. The molecule has 0 radical (unpaired) electrons. The molecule has 1 fully saturated rings. The van der Waals surface area contributed by atoms with Crippen molar-refractivity contribution in [3.8, 4) is 11.1 Å². The molecule has 2 amide bonds. The lowest BCUT2D eigenvalue weighted by Gasteiger charge is -2.45. The standard InChI is InChI=1S/C39H27NO5/c41-32(25-20-18-24(19-21-25)23-10-2-1-3-11-23)22-45-39(44)30-16-8-9-17-31(30)40-37(42)35-33-26-12-4-5-13-27(26)34(36(35)38(40)43)29-15-7-6-14-28(29)33/h1-21,33-36H,22H2. The molecule has 0 N–H and O–H groups in total. The molecule has 2 unspecified atom stereocenters. The quantitative estimate of drug-likeness (QED) is 0.124. The highest BCUT2D eigenvalue weighted by atomic mass is 16.5. The average Bonchev–Trinajstić information content (AvgIpc) is 3.37. The monoisotopic (exact) mass is 589 g/mol. The highest BCUT2D eigenvalue weighted by Crippen LogP contribution is 2.61.